The van der Waals surface area contributed by atoms with Gasteiger partial charge in [0.05, 0.1) is 6.04 Å². The molecule has 0 bridgehead atoms. The van der Waals surface area contributed by atoms with Crippen molar-refractivity contribution in [1.29, 1.82) is 0 Å². The van der Waals surface area contributed by atoms with Gasteiger partial charge in [-0.05, 0) is 50.7 Å². The van der Waals surface area contributed by atoms with E-state index in [0.29, 0.717) is 5.92 Å². The predicted molar refractivity (Wildman–Crippen MR) is 78.0 cm³/mol. The van der Waals surface area contributed by atoms with Crippen LogP contribution < -0.4 is 10.6 Å². The second-order valence-corrected chi connectivity index (χ2v) is 5.62. The summed E-state index contributed by atoms with van der Waals surface area (Å²) in [6.45, 7) is 3.96. The van der Waals surface area contributed by atoms with Gasteiger partial charge < -0.3 is 15.5 Å². The zero-order valence-corrected chi connectivity index (χ0v) is 11.9. The summed E-state index contributed by atoms with van der Waals surface area (Å²) in [5.74, 6) is 0.485. The predicted octanol–water partition coefficient (Wildman–Crippen LogP) is 1.68. The standard InChI is InChI=1S/C15H23N3O/c1-11-8-9-16-14(11)15(19)17-13-6-4-12(5-7-13)10-18(2)3/h4-7,11,14,16H,8-10H2,1-3H3,(H,17,19). The third-order valence-corrected chi connectivity index (χ3v) is 3.54. The van der Waals surface area contributed by atoms with E-state index in [0.717, 1.165) is 25.2 Å². The number of carbonyl (C=O) groups excluding carboxylic acids is 1. The van der Waals surface area contributed by atoms with E-state index in [9.17, 15) is 4.79 Å². The maximum Gasteiger partial charge on any atom is 0.241 e. The lowest BCUT2D eigenvalue weighted by atomic mass is 10.0. The van der Waals surface area contributed by atoms with Crippen LogP contribution in [0.1, 0.15) is 18.9 Å². The fraction of sp³-hybridized carbons (Fsp3) is 0.533. The smallest absolute Gasteiger partial charge is 0.241 e. The van der Waals surface area contributed by atoms with E-state index in [4.69, 9.17) is 0 Å². The lowest BCUT2D eigenvalue weighted by Crippen LogP contribution is -2.39. The van der Waals surface area contributed by atoms with E-state index in [1.807, 2.05) is 26.2 Å². The van der Waals surface area contributed by atoms with Crippen LogP contribution in [0.25, 0.3) is 0 Å². The van der Waals surface area contributed by atoms with Gasteiger partial charge >= 0.3 is 0 Å². The number of anilines is 1. The minimum Gasteiger partial charge on any atom is -0.325 e. The Balaban J connectivity index is 1.93. The van der Waals surface area contributed by atoms with Gasteiger partial charge in [-0.1, -0.05) is 19.1 Å². The first kappa shape index (κ1) is 14.0. The topological polar surface area (TPSA) is 44.4 Å². The highest BCUT2D eigenvalue weighted by Crippen LogP contribution is 2.17. The average Bonchev–Trinajstić information content (AvgIpc) is 2.77. The lowest BCUT2D eigenvalue weighted by molar-refractivity contribution is -0.118. The number of amides is 1. The van der Waals surface area contributed by atoms with E-state index in [2.05, 4.69) is 34.6 Å². The van der Waals surface area contributed by atoms with Crippen molar-refractivity contribution in [2.24, 2.45) is 5.92 Å². The van der Waals surface area contributed by atoms with Crippen molar-refractivity contribution in [1.82, 2.24) is 10.2 Å². The van der Waals surface area contributed by atoms with Gasteiger partial charge in [-0.3, -0.25) is 4.79 Å². The second kappa shape index (κ2) is 6.17. The Bertz CT molecular complexity index is 428. The summed E-state index contributed by atoms with van der Waals surface area (Å²) in [5, 5.41) is 6.22. The van der Waals surface area contributed by atoms with E-state index < -0.39 is 0 Å². The molecule has 2 atom stereocenters. The van der Waals surface area contributed by atoms with Crippen molar-refractivity contribution in [2.75, 3.05) is 26.0 Å². The van der Waals surface area contributed by atoms with Gasteiger partial charge in [0, 0.05) is 12.2 Å². The molecule has 1 amide bonds. The highest BCUT2D eigenvalue weighted by atomic mass is 16.2. The van der Waals surface area contributed by atoms with Crippen LogP contribution in [0, 0.1) is 5.92 Å². The Kier molecular flexibility index (Phi) is 4.56. The molecule has 0 saturated carbocycles. The Morgan fingerprint density at radius 2 is 2.05 bits per heavy atom. The molecule has 0 aliphatic carbocycles. The van der Waals surface area contributed by atoms with Crippen molar-refractivity contribution in [3.63, 3.8) is 0 Å². The highest BCUT2D eigenvalue weighted by Gasteiger charge is 2.29. The number of nitrogens with zero attached hydrogens (tertiary/aromatic N) is 1. The van der Waals surface area contributed by atoms with Gasteiger partial charge in [0.15, 0.2) is 0 Å². The molecule has 1 fully saturated rings. The number of hydrogen-bond acceptors (Lipinski definition) is 3. The molecule has 4 heteroatoms. The van der Waals surface area contributed by atoms with E-state index in [1.165, 1.54) is 5.56 Å². The summed E-state index contributed by atoms with van der Waals surface area (Å²) >= 11 is 0. The number of hydrogen-bond donors (Lipinski definition) is 2. The molecule has 1 saturated heterocycles. The van der Waals surface area contributed by atoms with Gasteiger partial charge in [0.2, 0.25) is 5.91 Å². The van der Waals surface area contributed by atoms with Gasteiger partial charge in [-0.15, -0.1) is 0 Å². The maximum absolute atomic E-state index is 12.1. The summed E-state index contributed by atoms with van der Waals surface area (Å²) in [5.41, 5.74) is 2.11. The fourth-order valence-corrected chi connectivity index (χ4v) is 2.46. The average molecular weight is 261 g/mol. The Morgan fingerprint density at radius 1 is 1.37 bits per heavy atom. The molecule has 1 heterocycles. The van der Waals surface area contributed by atoms with Crippen molar-refractivity contribution in [3.8, 4) is 0 Å². The first-order valence-electron chi connectivity index (χ1n) is 6.84. The minimum atomic E-state index is -0.0542. The third kappa shape index (κ3) is 3.78. The van der Waals surface area contributed by atoms with Crippen LogP contribution >= 0.6 is 0 Å². The van der Waals surface area contributed by atoms with Crippen molar-refractivity contribution in [2.45, 2.75) is 25.9 Å². The summed E-state index contributed by atoms with van der Waals surface area (Å²) in [6, 6.07) is 8.00. The van der Waals surface area contributed by atoms with Crippen LogP contribution in [0.4, 0.5) is 5.69 Å². The molecule has 1 aromatic carbocycles. The molecule has 1 aliphatic rings. The fourth-order valence-electron chi connectivity index (χ4n) is 2.46. The van der Waals surface area contributed by atoms with Gasteiger partial charge in [-0.25, -0.2) is 0 Å². The van der Waals surface area contributed by atoms with Crippen LogP contribution in [-0.2, 0) is 11.3 Å². The summed E-state index contributed by atoms with van der Waals surface area (Å²) < 4.78 is 0. The van der Waals surface area contributed by atoms with E-state index >= 15 is 0 Å². The molecule has 2 unspecified atom stereocenters. The zero-order valence-electron chi connectivity index (χ0n) is 11.9. The second-order valence-electron chi connectivity index (χ2n) is 5.62. The monoisotopic (exact) mass is 261 g/mol. The van der Waals surface area contributed by atoms with Crippen molar-refractivity contribution < 1.29 is 4.79 Å². The molecule has 1 aliphatic heterocycles. The van der Waals surface area contributed by atoms with E-state index in [1.54, 1.807) is 0 Å². The van der Waals surface area contributed by atoms with Gasteiger partial charge in [-0.2, -0.15) is 0 Å². The molecular formula is C15H23N3O. The summed E-state index contributed by atoms with van der Waals surface area (Å²) in [6.07, 6.45) is 1.07. The third-order valence-electron chi connectivity index (χ3n) is 3.54. The Hall–Kier alpha value is -1.39. The zero-order chi connectivity index (χ0) is 13.8. The first-order valence-corrected chi connectivity index (χ1v) is 6.84. The molecular weight excluding hydrogens is 238 g/mol. The Morgan fingerprint density at radius 3 is 2.58 bits per heavy atom. The Labute approximate surface area is 115 Å². The molecule has 1 aromatic rings. The number of nitrogens with one attached hydrogen (secondary N) is 2. The molecule has 0 aromatic heterocycles. The molecule has 2 rings (SSSR count). The summed E-state index contributed by atoms with van der Waals surface area (Å²) in [7, 11) is 4.09. The van der Waals surface area contributed by atoms with Crippen LogP contribution in [0.15, 0.2) is 24.3 Å². The van der Waals surface area contributed by atoms with E-state index in [-0.39, 0.29) is 11.9 Å². The SMILES string of the molecule is CC1CCNC1C(=O)Nc1ccc(CN(C)C)cc1. The first-order chi connectivity index (χ1) is 9.06. The van der Waals surface area contributed by atoms with Crippen LogP contribution in [0.2, 0.25) is 0 Å². The number of carbonyl (C=O) groups is 1. The molecule has 2 N–H and O–H groups in total. The van der Waals surface area contributed by atoms with Crippen molar-refractivity contribution >= 4 is 11.6 Å². The van der Waals surface area contributed by atoms with Crippen LogP contribution in [-0.4, -0.2) is 37.5 Å². The number of benzene rings is 1. The van der Waals surface area contributed by atoms with Gasteiger partial charge in [0.1, 0.15) is 0 Å². The maximum atomic E-state index is 12.1. The van der Waals surface area contributed by atoms with Crippen LogP contribution in [0.3, 0.4) is 0 Å². The minimum absolute atomic E-state index is 0.0542. The number of rotatable bonds is 4. The normalized spacial score (nSPS) is 22.7. The van der Waals surface area contributed by atoms with Crippen molar-refractivity contribution in [3.05, 3.63) is 29.8 Å². The molecule has 4 nitrogen and oxygen atoms in total. The molecule has 104 valence electrons. The van der Waals surface area contributed by atoms with Gasteiger partial charge in [0.25, 0.3) is 0 Å². The largest absolute Gasteiger partial charge is 0.325 e. The lowest BCUT2D eigenvalue weighted by Gasteiger charge is -2.16. The molecule has 0 spiro atoms. The highest BCUT2D eigenvalue weighted by molar-refractivity contribution is 5.95. The quantitative estimate of drug-likeness (QED) is 0.867. The van der Waals surface area contributed by atoms with Crippen LogP contribution in [0.5, 0.6) is 0 Å². The molecule has 19 heavy (non-hydrogen) atoms. The molecule has 0 radical (unpaired) electrons. The summed E-state index contributed by atoms with van der Waals surface area (Å²) in [4.78, 5) is 14.2.